The van der Waals surface area contributed by atoms with Crippen molar-refractivity contribution in [2.75, 3.05) is 30.8 Å². The number of H-pyrrole nitrogens is 1. The standard InChI is InChI=1S/C11H16N6O2/c1-3-4-12-11-15-9(13-6-8(18)19-2)7-5-14-17-10(7)16-11/h5H,3-4,6H2,1-2H3,(H3,12,13,14,15,16,17). The van der Waals surface area contributed by atoms with Gasteiger partial charge in [-0.1, -0.05) is 6.92 Å². The van der Waals surface area contributed by atoms with Crippen LogP contribution in [0.3, 0.4) is 0 Å². The highest BCUT2D eigenvalue weighted by molar-refractivity contribution is 5.88. The van der Waals surface area contributed by atoms with Crippen molar-refractivity contribution in [1.82, 2.24) is 20.2 Å². The molecule has 0 saturated carbocycles. The number of aromatic amines is 1. The fraction of sp³-hybridized carbons (Fsp3) is 0.455. The molecular weight excluding hydrogens is 248 g/mol. The van der Waals surface area contributed by atoms with Gasteiger partial charge in [-0.2, -0.15) is 15.1 Å². The van der Waals surface area contributed by atoms with Crippen LogP contribution in [-0.2, 0) is 9.53 Å². The zero-order chi connectivity index (χ0) is 13.7. The number of aromatic nitrogens is 4. The molecule has 0 radical (unpaired) electrons. The SMILES string of the molecule is CCCNc1nc(NCC(=O)OC)c2cn[nH]c2n1. The minimum atomic E-state index is -0.363. The number of hydrogen-bond acceptors (Lipinski definition) is 7. The van der Waals surface area contributed by atoms with Crippen LogP contribution in [0.2, 0.25) is 0 Å². The first-order chi connectivity index (χ1) is 9.24. The lowest BCUT2D eigenvalue weighted by Crippen LogP contribution is -2.16. The summed E-state index contributed by atoms with van der Waals surface area (Å²) in [5.41, 5.74) is 0.612. The van der Waals surface area contributed by atoms with E-state index in [2.05, 4.69) is 42.5 Å². The molecule has 0 amide bonds. The van der Waals surface area contributed by atoms with Crippen molar-refractivity contribution in [2.24, 2.45) is 0 Å². The Kier molecular flexibility index (Phi) is 4.11. The predicted molar refractivity (Wildman–Crippen MR) is 71.0 cm³/mol. The van der Waals surface area contributed by atoms with E-state index in [0.29, 0.717) is 17.4 Å². The number of carbonyl (C=O) groups is 1. The Labute approximate surface area is 110 Å². The number of esters is 1. The molecule has 19 heavy (non-hydrogen) atoms. The highest BCUT2D eigenvalue weighted by Gasteiger charge is 2.10. The molecule has 2 aromatic heterocycles. The highest BCUT2D eigenvalue weighted by Crippen LogP contribution is 2.19. The van der Waals surface area contributed by atoms with Gasteiger partial charge in [0, 0.05) is 6.54 Å². The number of rotatable bonds is 6. The summed E-state index contributed by atoms with van der Waals surface area (Å²) in [5, 5.41) is 13.4. The molecule has 0 fully saturated rings. The number of fused-ring (bicyclic) bond motifs is 1. The van der Waals surface area contributed by atoms with Crippen molar-refractivity contribution in [3.8, 4) is 0 Å². The zero-order valence-electron chi connectivity index (χ0n) is 10.9. The van der Waals surface area contributed by atoms with E-state index in [-0.39, 0.29) is 12.5 Å². The number of hydrogen-bond donors (Lipinski definition) is 3. The normalized spacial score (nSPS) is 10.4. The van der Waals surface area contributed by atoms with Crippen LogP contribution in [-0.4, -0.2) is 46.3 Å². The Hall–Kier alpha value is -2.38. The third kappa shape index (κ3) is 3.09. The number of carbonyl (C=O) groups excluding carboxylic acids is 1. The zero-order valence-corrected chi connectivity index (χ0v) is 10.9. The quantitative estimate of drug-likeness (QED) is 0.661. The van der Waals surface area contributed by atoms with Gasteiger partial charge in [0.25, 0.3) is 0 Å². The van der Waals surface area contributed by atoms with Gasteiger partial charge < -0.3 is 15.4 Å². The van der Waals surface area contributed by atoms with E-state index >= 15 is 0 Å². The van der Waals surface area contributed by atoms with E-state index < -0.39 is 0 Å². The molecule has 0 atom stereocenters. The van der Waals surface area contributed by atoms with Crippen molar-refractivity contribution < 1.29 is 9.53 Å². The summed E-state index contributed by atoms with van der Waals surface area (Å²) in [4.78, 5) is 19.7. The third-order valence-corrected chi connectivity index (χ3v) is 2.47. The first kappa shape index (κ1) is 13.1. The van der Waals surface area contributed by atoms with Crippen LogP contribution < -0.4 is 10.6 Å². The summed E-state index contributed by atoms with van der Waals surface area (Å²) < 4.78 is 4.58. The Balaban J connectivity index is 2.23. The smallest absolute Gasteiger partial charge is 0.325 e. The van der Waals surface area contributed by atoms with Gasteiger partial charge in [0.05, 0.1) is 18.7 Å². The summed E-state index contributed by atoms with van der Waals surface area (Å²) in [7, 11) is 1.34. The molecule has 0 bridgehead atoms. The predicted octanol–water partition coefficient (Wildman–Crippen LogP) is 0.760. The molecule has 0 saturated heterocycles. The molecule has 8 nitrogen and oxygen atoms in total. The van der Waals surface area contributed by atoms with Crippen LogP contribution in [0.25, 0.3) is 11.0 Å². The Morgan fingerprint density at radius 3 is 3.00 bits per heavy atom. The average molecular weight is 264 g/mol. The number of methoxy groups -OCH3 is 1. The number of nitrogens with zero attached hydrogens (tertiary/aromatic N) is 3. The highest BCUT2D eigenvalue weighted by atomic mass is 16.5. The van der Waals surface area contributed by atoms with Gasteiger partial charge >= 0.3 is 5.97 Å². The number of anilines is 2. The summed E-state index contributed by atoms with van der Waals surface area (Å²) in [5.74, 6) is 0.673. The van der Waals surface area contributed by atoms with Crippen molar-refractivity contribution >= 4 is 28.8 Å². The second-order valence-corrected chi connectivity index (χ2v) is 3.88. The summed E-state index contributed by atoms with van der Waals surface area (Å²) in [6.45, 7) is 2.87. The summed E-state index contributed by atoms with van der Waals surface area (Å²) in [6.07, 6.45) is 2.58. The van der Waals surface area contributed by atoms with Crippen molar-refractivity contribution in [1.29, 1.82) is 0 Å². The lowest BCUT2D eigenvalue weighted by molar-refractivity contribution is -0.138. The Morgan fingerprint density at radius 2 is 2.26 bits per heavy atom. The molecule has 8 heteroatoms. The molecule has 3 N–H and O–H groups in total. The third-order valence-electron chi connectivity index (χ3n) is 2.47. The molecule has 0 aliphatic rings. The Morgan fingerprint density at radius 1 is 1.42 bits per heavy atom. The summed E-state index contributed by atoms with van der Waals surface area (Å²) in [6, 6.07) is 0. The van der Waals surface area contributed by atoms with E-state index in [4.69, 9.17) is 0 Å². The molecule has 2 heterocycles. The number of ether oxygens (including phenoxy) is 1. The van der Waals surface area contributed by atoms with E-state index in [1.54, 1.807) is 6.20 Å². The average Bonchev–Trinajstić information content (AvgIpc) is 2.90. The van der Waals surface area contributed by atoms with Gasteiger partial charge in [-0.3, -0.25) is 9.89 Å². The van der Waals surface area contributed by atoms with Crippen molar-refractivity contribution in [2.45, 2.75) is 13.3 Å². The molecule has 0 aromatic carbocycles. The van der Waals surface area contributed by atoms with Gasteiger partial charge in [-0.25, -0.2) is 0 Å². The second kappa shape index (κ2) is 5.98. The van der Waals surface area contributed by atoms with Crippen LogP contribution in [0.1, 0.15) is 13.3 Å². The van der Waals surface area contributed by atoms with Crippen LogP contribution in [0.15, 0.2) is 6.20 Å². The maximum atomic E-state index is 11.1. The molecule has 102 valence electrons. The van der Waals surface area contributed by atoms with Crippen molar-refractivity contribution in [3.05, 3.63) is 6.20 Å². The van der Waals surface area contributed by atoms with Gasteiger partial charge in [0.15, 0.2) is 5.65 Å². The fourth-order valence-corrected chi connectivity index (χ4v) is 1.51. The van der Waals surface area contributed by atoms with Crippen LogP contribution in [0, 0.1) is 0 Å². The fourth-order valence-electron chi connectivity index (χ4n) is 1.51. The van der Waals surface area contributed by atoms with Crippen molar-refractivity contribution in [3.63, 3.8) is 0 Å². The van der Waals surface area contributed by atoms with E-state index in [1.165, 1.54) is 7.11 Å². The Bertz CT molecular complexity index is 567. The lowest BCUT2D eigenvalue weighted by Gasteiger charge is -2.08. The largest absolute Gasteiger partial charge is 0.468 e. The first-order valence-electron chi connectivity index (χ1n) is 6.00. The van der Waals surface area contributed by atoms with E-state index in [9.17, 15) is 4.79 Å². The molecular formula is C11H16N6O2. The minimum absolute atomic E-state index is 0.0427. The second-order valence-electron chi connectivity index (χ2n) is 3.88. The van der Waals surface area contributed by atoms with E-state index in [0.717, 1.165) is 18.4 Å². The van der Waals surface area contributed by atoms with Crippen LogP contribution in [0.5, 0.6) is 0 Å². The van der Waals surface area contributed by atoms with Crippen LogP contribution in [0.4, 0.5) is 11.8 Å². The molecule has 2 rings (SSSR count). The van der Waals surface area contributed by atoms with Gasteiger partial charge in [-0.15, -0.1) is 0 Å². The topological polar surface area (TPSA) is 105 Å². The van der Waals surface area contributed by atoms with Gasteiger partial charge in [0.2, 0.25) is 5.95 Å². The molecule has 0 aliphatic carbocycles. The van der Waals surface area contributed by atoms with Crippen LogP contribution >= 0.6 is 0 Å². The minimum Gasteiger partial charge on any atom is -0.468 e. The lowest BCUT2D eigenvalue weighted by atomic mass is 10.4. The molecule has 0 spiro atoms. The molecule has 0 unspecified atom stereocenters. The summed E-state index contributed by atoms with van der Waals surface area (Å²) >= 11 is 0. The maximum absolute atomic E-state index is 11.1. The monoisotopic (exact) mass is 264 g/mol. The first-order valence-corrected chi connectivity index (χ1v) is 6.00. The molecule has 2 aromatic rings. The maximum Gasteiger partial charge on any atom is 0.325 e. The van der Waals surface area contributed by atoms with Gasteiger partial charge in [0.1, 0.15) is 12.4 Å². The number of nitrogens with one attached hydrogen (secondary N) is 3. The van der Waals surface area contributed by atoms with E-state index in [1.807, 2.05) is 0 Å². The molecule has 0 aliphatic heterocycles. The van der Waals surface area contributed by atoms with Gasteiger partial charge in [-0.05, 0) is 6.42 Å².